The highest BCUT2D eigenvalue weighted by molar-refractivity contribution is 9.10. The van der Waals surface area contributed by atoms with Gasteiger partial charge >= 0.3 is 5.97 Å². The maximum atomic E-state index is 12.8. The first-order valence-corrected chi connectivity index (χ1v) is 12.9. The predicted octanol–water partition coefficient (Wildman–Crippen LogP) is 6.91. The summed E-state index contributed by atoms with van der Waals surface area (Å²) in [6.45, 7) is 2.32. The van der Waals surface area contributed by atoms with Crippen molar-refractivity contribution in [2.24, 2.45) is 0 Å². The van der Waals surface area contributed by atoms with Crippen molar-refractivity contribution in [2.75, 3.05) is 19.0 Å². The van der Waals surface area contributed by atoms with Crippen LogP contribution in [0.3, 0.4) is 0 Å². The van der Waals surface area contributed by atoms with E-state index in [1.165, 1.54) is 13.2 Å². The molecule has 0 unspecified atom stereocenters. The van der Waals surface area contributed by atoms with Crippen molar-refractivity contribution in [2.45, 2.75) is 13.5 Å². The molecule has 0 bridgehead atoms. The monoisotopic (exact) mass is 584 g/mol. The number of nitrogens with zero attached hydrogens (tertiary/aromatic N) is 1. The third-order valence-electron chi connectivity index (χ3n) is 5.78. The number of nitrogens with one attached hydrogen (secondary N) is 1. The van der Waals surface area contributed by atoms with Gasteiger partial charge in [0.2, 0.25) is 0 Å². The Bertz CT molecular complexity index is 1590. The Labute approximate surface area is 234 Å². The average molecular weight is 585 g/mol. The highest BCUT2D eigenvalue weighted by Gasteiger charge is 2.15. The molecule has 0 saturated carbocycles. The Morgan fingerprint density at radius 1 is 1.00 bits per heavy atom. The number of hydrogen-bond acceptors (Lipinski definition) is 6. The minimum atomic E-state index is -0.590. The molecule has 0 spiro atoms. The molecule has 4 aromatic carbocycles. The summed E-state index contributed by atoms with van der Waals surface area (Å²) in [5.74, 6) is -0.0820. The molecule has 0 fully saturated rings. The van der Waals surface area contributed by atoms with Gasteiger partial charge in [0, 0.05) is 5.69 Å². The summed E-state index contributed by atoms with van der Waals surface area (Å²) >= 11 is 3.53. The summed E-state index contributed by atoms with van der Waals surface area (Å²) < 4.78 is 17.2. The maximum Gasteiger partial charge on any atom is 0.338 e. The number of esters is 1. The molecule has 8 heteroatoms. The second kappa shape index (κ2) is 12.8. The Balaban J connectivity index is 1.49. The molecule has 0 aliphatic rings. The zero-order valence-corrected chi connectivity index (χ0v) is 22.9. The van der Waals surface area contributed by atoms with E-state index in [1.54, 1.807) is 43.3 Å². The molecule has 0 saturated heterocycles. The first-order chi connectivity index (χ1) is 18.9. The smallest absolute Gasteiger partial charge is 0.338 e. The zero-order valence-electron chi connectivity index (χ0n) is 21.4. The lowest BCUT2D eigenvalue weighted by atomic mass is 10.1. The molecule has 4 aromatic rings. The first kappa shape index (κ1) is 27.4. The van der Waals surface area contributed by atoms with Crippen molar-refractivity contribution < 1.29 is 23.8 Å². The standard InChI is InChI=1S/C31H25BrN2O5/c1-3-38-31(36)23-10-12-26(13-11-23)34-30(35)25(18-33)15-21-16-27(32)29(28(17-21)37-2)39-19-20-8-9-22-6-4-5-7-24(22)14-20/h4-17H,3,19H2,1-2H3,(H,34,35)/b25-15+. The van der Waals surface area contributed by atoms with E-state index in [4.69, 9.17) is 14.2 Å². The number of carbonyl (C=O) groups is 2. The van der Waals surface area contributed by atoms with Crippen LogP contribution in [0.1, 0.15) is 28.4 Å². The van der Waals surface area contributed by atoms with Crippen LogP contribution in [0.25, 0.3) is 16.8 Å². The lowest BCUT2D eigenvalue weighted by molar-refractivity contribution is -0.112. The van der Waals surface area contributed by atoms with Gasteiger partial charge in [0.15, 0.2) is 11.5 Å². The van der Waals surface area contributed by atoms with Gasteiger partial charge in [-0.15, -0.1) is 0 Å². The summed E-state index contributed by atoms with van der Waals surface area (Å²) in [6, 6.07) is 25.9. The van der Waals surface area contributed by atoms with Gasteiger partial charge in [0.25, 0.3) is 5.91 Å². The molecule has 0 heterocycles. The Morgan fingerprint density at radius 2 is 1.74 bits per heavy atom. The minimum absolute atomic E-state index is 0.108. The largest absolute Gasteiger partial charge is 0.493 e. The van der Waals surface area contributed by atoms with E-state index in [0.717, 1.165) is 16.3 Å². The second-order valence-electron chi connectivity index (χ2n) is 8.43. The van der Waals surface area contributed by atoms with Crippen molar-refractivity contribution in [1.82, 2.24) is 0 Å². The number of nitriles is 1. The molecule has 4 rings (SSSR count). The van der Waals surface area contributed by atoms with E-state index in [0.29, 0.717) is 39.4 Å². The van der Waals surface area contributed by atoms with Crippen LogP contribution >= 0.6 is 15.9 Å². The molecule has 0 aliphatic heterocycles. The van der Waals surface area contributed by atoms with Crippen LogP contribution in [0, 0.1) is 11.3 Å². The van der Waals surface area contributed by atoms with Crippen molar-refractivity contribution in [1.29, 1.82) is 5.26 Å². The van der Waals surface area contributed by atoms with Gasteiger partial charge in [-0.3, -0.25) is 4.79 Å². The van der Waals surface area contributed by atoms with Crippen molar-refractivity contribution in [3.8, 4) is 17.6 Å². The van der Waals surface area contributed by atoms with Crippen molar-refractivity contribution in [3.05, 3.63) is 106 Å². The summed E-state index contributed by atoms with van der Waals surface area (Å²) in [5.41, 5.74) is 2.27. The van der Waals surface area contributed by atoms with Crippen molar-refractivity contribution in [3.63, 3.8) is 0 Å². The number of amides is 1. The van der Waals surface area contributed by atoms with E-state index in [1.807, 2.05) is 24.3 Å². The van der Waals surface area contributed by atoms with E-state index in [-0.39, 0.29) is 12.2 Å². The first-order valence-electron chi connectivity index (χ1n) is 12.1. The lowest BCUT2D eigenvalue weighted by Gasteiger charge is -2.14. The molecule has 1 N–H and O–H groups in total. The summed E-state index contributed by atoms with van der Waals surface area (Å²) in [6.07, 6.45) is 1.46. The molecule has 39 heavy (non-hydrogen) atoms. The molecule has 196 valence electrons. The Kier molecular flexibility index (Phi) is 8.97. The third-order valence-corrected chi connectivity index (χ3v) is 6.37. The van der Waals surface area contributed by atoms with Gasteiger partial charge in [-0.05, 0) is 93.3 Å². The quantitative estimate of drug-likeness (QED) is 0.130. The van der Waals surface area contributed by atoms with Crippen LogP contribution < -0.4 is 14.8 Å². The second-order valence-corrected chi connectivity index (χ2v) is 9.28. The highest BCUT2D eigenvalue weighted by atomic mass is 79.9. The van der Waals surface area contributed by atoms with Crippen LogP contribution in [0.2, 0.25) is 0 Å². The molecule has 0 radical (unpaired) electrons. The molecular weight excluding hydrogens is 560 g/mol. The number of carbonyl (C=O) groups excluding carboxylic acids is 2. The van der Waals surface area contributed by atoms with Gasteiger partial charge in [0.1, 0.15) is 18.2 Å². The van der Waals surface area contributed by atoms with Gasteiger partial charge in [-0.25, -0.2) is 4.79 Å². The zero-order chi connectivity index (χ0) is 27.8. The molecule has 1 amide bonds. The number of halogens is 1. The highest BCUT2D eigenvalue weighted by Crippen LogP contribution is 2.38. The average Bonchev–Trinajstić information content (AvgIpc) is 2.95. The molecule has 0 atom stereocenters. The Hall–Kier alpha value is -4.61. The molecular formula is C31H25BrN2O5. The van der Waals surface area contributed by atoms with E-state index in [9.17, 15) is 14.9 Å². The molecule has 0 aromatic heterocycles. The summed E-state index contributed by atoms with van der Waals surface area (Å²) in [5, 5.41) is 14.6. The number of anilines is 1. The molecule has 7 nitrogen and oxygen atoms in total. The van der Waals surface area contributed by atoms with Crippen LogP contribution in [0.5, 0.6) is 11.5 Å². The number of rotatable bonds is 9. The maximum absolute atomic E-state index is 12.8. The van der Waals surface area contributed by atoms with Crippen molar-refractivity contribution >= 4 is 50.3 Å². The summed E-state index contributed by atoms with van der Waals surface area (Å²) in [4.78, 5) is 24.6. The van der Waals surface area contributed by atoms with Crippen LogP contribution in [-0.4, -0.2) is 25.6 Å². The van der Waals surface area contributed by atoms with Gasteiger partial charge in [0.05, 0.1) is 23.8 Å². The topological polar surface area (TPSA) is 97.7 Å². The number of hydrogen-bond donors (Lipinski definition) is 1. The molecule has 0 aliphatic carbocycles. The summed E-state index contributed by atoms with van der Waals surface area (Å²) in [7, 11) is 1.52. The van der Waals surface area contributed by atoms with E-state index >= 15 is 0 Å². The fraction of sp³-hybridized carbons (Fsp3) is 0.129. The van der Waals surface area contributed by atoms with Gasteiger partial charge < -0.3 is 19.5 Å². The van der Waals surface area contributed by atoms with E-state index < -0.39 is 11.9 Å². The van der Waals surface area contributed by atoms with Crippen LogP contribution in [0.15, 0.2) is 88.9 Å². The van der Waals surface area contributed by atoms with E-state index in [2.05, 4.69) is 45.5 Å². The van der Waals surface area contributed by atoms with Gasteiger partial charge in [-0.2, -0.15) is 5.26 Å². The lowest BCUT2D eigenvalue weighted by Crippen LogP contribution is -2.13. The fourth-order valence-electron chi connectivity index (χ4n) is 3.87. The fourth-order valence-corrected chi connectivity index (χ4v) is 4.44. The normalized spacial score (nSPS) is 11.0. The van der Waals surface area contributed by atoms with Crippen LogP contribution in [0.4, 0.5) is 5.69 Å². The number of fused-ring (bicyclic) bond motifs is 1. The third kappa shape index (κ3) is 6.83. The SMILES string of the molecule is CCOC(=O)c1ccc(NC(=O)/C(C#N)=C/c2cc(Br)c(OCc3ccc4ccccc4c3)c(OC)c2)cc1. The predicted molar refractivity (Wildman–Crippen MR) is 154 cm³/mol. The van der Waals surface area contributed by atoms with Crippen LogP contribution in [-0.2, 0) is 16.1 Å². The van der Waals surface area contributed by atoms with Gasteiger partial charge in [-0.1, -0.05) is 36.4 Å². The number of benzene rings is 4. The number of ether oxygens (including phenoxy) is 3. The Morgan fingerprint density at radius 3 is 2.44 bits per heavy atom. The number of methoxy groups -OCH3 is 1. The minimum Gasteiger partial charge on any atom is -0.493 e.